The average molecular weight is 399 g/mol. The summed E-state index contributed by atoms with van der Waals surface area (Å²) >= 11 is 13.6. The van der Waals surface area contributed by atoms with E-state index < -0.39 is 0 Å². The minimum absolute atomic E-state index is 0.216. The molecule has 1 aromatic heterocycles. The van der Waals surface area contributed by atoms with Gasteiger partial charge in [-0.25, -0.2) is 4.98 Å². The van der Waals surface area contributed by atoms with Crippen molar-refractivity contribution >= 4 is 56.3 Å². The number of benzene rings is 3. The van der Waals surface area contributed by atoms with Crippen molar-refractivity contribution in [3.63, 3.8) is 0 Å². The van der Waals surface area contributed by atoms with E-state index in [1.807, 2.05) is 30.3 Å². The number of aromatic nitrogens is 1. The molecule has 1 N–H and O–H groups in total. The first-order chi connectivity index (χ1) is 12.6. The van der Waals surface area contributed by atoms with Gasteiger partial charge in [-0.2, -0.15) is 0 Å². The minimum Gasteiger partial charge on any atom is -0.321 e. The zero-order valence-electron chi connectivity index (χ0n) is 13.4. The van der Waals surface area contributed by atoms with Gasteiger partial charge < -0.3 is 5.32 Å². The molecule has 0 aliphatic heterocycles. The zero-order chi connectivity index (χ0) is 18.1. The van der Waals surface area contributed by atoms with E-state index >= 15 is 0 Å². The number of nitrogens with zero attached hydrogens (tertiary/aromatic N) is 1. The molecule has 26 heavy (non-hydrogen) atoms. The van der Waals surface area contributed by atoms with Crippen molar-refractivity contribution < 1.29 is 4.79 Å². The van der Waals surface area contributed by atoms with Crippen molar-refractivity contribution in [2.24, 2.45) is 0 Å². The SMILES string of the molecule is O=C(Nc1ccc(Cl)cc1-c1nc2ccccc2s1)c1ccc(Cl)cc1. The van der Waals surface area contributed by atoms with Gasteiger partial charge in [0.05, 0.1) is 15.9 Å². The van der Waals surface area contributed by atoms with Gasteiger partial charge in [0.1, 0.15) is 5.01 Å². The Morgan fingerprint density at radius 2 is 1.65 bits per heavy atom. The number of hydrogen-bond donors (Lipinski definition) is 1. The van der Waals surface area contributed by atoms with Gasteiger partial charge in [0.15, 0.2) is 0 Å². The fourth-order valence-electron chi connectivity index (χ4n) is 2.59. The van der Waals surface area contributed by atoms with Crippen LogP contribution >= 0.6 is 34.5 Å². The highest BCUT2D eigenvalue weighted by Gasteiger charge is 2.14. The van der Waals surface area contributed by atoms with Gasteiger partial charge in [-0.15, -0.1) is 11.3 Å². The molecule has 4 rings (SSSR count). The highest BCUT2D eigenvalue weighted by molar-refractivity contribution is 7.21. The molecule has 0 saturated carbocycles. The van der Waals surface area contributed by atoms with Crippen molar-refractivity contribution in [2.45, 2.75) is 0 Å². The third-order valence-corrected chi connectivity index (χ3v) is 5.42. The fourth-order valence-corrected chi connectivity index (χ4v) is 3.88. The van der Waals surface area contributed by atoms with E-state index in [1.165, 1.54) is 0 Å². The normalized spacial score (nSPS) is 10.8. The molecule has 0 aliphatic carbocycles. The largest absolute Gasteiger partial charge is 0.321 e. The van der Waals surface area contributed by atoms with Gasteiger partial charge in [0.2, 0.25) is 0 Å². The second-order valence-corrected chi connectivity index (χ2v) is 7.54. The van der Waals surface area contributed by atoms with E-state index in [-0.39, 0.29) is 5.91 Å². The predicted molar refractivity (Wildman–Crippen MR) is 109 cm³/mol. The van der Waals surface area contributed by atoms with Gasteiger partial charge in [-0.3, -0.25) is 4.79 Å². The minimum atomic E-state index is -0.216. The van der Waals surface area contributed by atoms with E-state index in [2.05, 4.69) is 10.3 Å². The summed E-state index contributed by atoms with van der Waals surface area (Å²) < 4.78 is 1.08. The summed E-state index contributed by atoms with van der Waals surface area (Å²) in [7, 11) is 0. The Bertz CT molecular complexity index is 1070. The van der Waals surface area contributed by atoms with Crippen LogP contribution in [-0.4, -0.2) is 10.9 Å². The predicted octanol–water partition coefficient (Wildman–Crippen LogP) is 6.52. The highest BCUT2D eigenvalue weighted by atomic mass is 35.5. The molecule has 128 valence electrons. The van der Waals surface area contributed by atoms with Gasteiger partial charge >= 0.3 is 0 Å². The van der Waals surface area contributed by atoms with E-state index in [4.69, 9.17) is 23.2 Å². The van der Waals surface area contributed by atoms with Gasteiger partial charge in [0, 0.05) is 21.2 Å². The summed E-state index contributed by atoms with van der Waals surface area (Å²) in [4.78, 5) is 17.2. The summed E-state index contributed by atoms with van der Waals surface area (Å²) in [6.07, 6.45) is 0. The molecule has 0 atom stereocenters. The fraction of sp³-hybridized carbons (Fsp3) is 0. The van der Waals surface area contributed by atoms with Gasteiger partial charge in [-0.1, -0.05) is 35.3 Å². The third-order valence-electron chi connectivity index (χ3n) is 3.86. The Morgan fingerprint density at radius 1 is 0.923 bits per heavy atom. The topological polar surface area (TPSA) is 42.0 Å². The first kappa shape index (κ1) is 17.0. The summed E-state index contributed by atoms with van der Waals surface area (Å²) in [6, 6.07) is 20.0. The molecule has 1 amide bonds. The number of nitrogens with one attached hydrogen (secondary N) is 1. The lowest BCUT2D eigenvalue weighted by Crippen LogP contribution is -2.12. The van der Waals surface area contributed by atoms with Crippen LogP contribution in [0.5, 0.6) is 0 Å². The molecule has 0 spiro atoms. The van der Waals surface area contributed by atoms with Gasteiger partial charge in [-0.05, 0) is 54.6 Å². The number of thiazole rings is 1. The summed E-state index contributed by atoms with van der Waals surface area (Å²) in [6.45, 7) is 0. The maximum Gasteiger partial charge on any atom is 0.255 e. The Hall–Kier alpha value is -2.40. The van der Waals surface area contributed by atoms with Crippen LogP contribution in [0.25, 0.3) is 20.8 Å². The second-order valence-electron chi connectivity index (χ2n) is 5.64. The van der Waals surface area contributed by atoms with E-state index in [0.29, 0.717) is 21.3 Å². The van der Waals surface area contributed by atoms with Crippen molar-refractivity contribution in [3.8, 4) is 10.6 Å². The van der Waals surface area contributed by atoms with Crippen LogP contribution in [0.4, 0.5) is 5.69 Å². The molecule has 3 aromatic carbocycles. The molecule has 0 aliphatic rings. The maximum atomic E-state index is 12.6. The molecule has 0 fully saturated rings. The van der Waals surface area contributed by atoms with E-state index in [0.717, 1.165) is 20.8 Å². The standard InChI is InChI=1S/C20H12Cl2N2OS/c21-13-7-5-12(6-8-13)19(25)23-16-10-9-14(22)11-15(16)20-24-17-3-1-2-4-18(17)26-20/h1-11H,(H,23,25). The van der Waals surface area contributed by atoms with E-state index in [9.17, 15) is 4.79 Å². The number of fused-ring (bicyclic) bond motifs is 1. The Labute approximate surface area is 164 Å². The number of carbonyl (C=O) groups excluding carboxylic acids is 1. The Morgan fingerprint density at radius 3 is 2.42 bits per heavy atom. The van der Waals surface area contributed by atoms with Crippen LogP contribution in [0.1, 0.15) is 10.4 Å². The number of carbonyl (C=O) groups is 1. The number of amides is 1. The Kier molecular flexibility index (Phi) is 4.64. The molecule has 0 radical (unpaired) electrons. The van der Waals surface area contributed by atoms with Crippen molar-refractivity contribution in [3.05, 3.63) is 82.3 Å². The quantitative estimate of drug-likeness (QED) is 0.426. The number of anilines is 1. The molecule has 3 nitrogen and oxygen atoms in total. The van der Waals surface area contributed by atoms with Crippen LogP contribution in [-0.2, 0) is 0 Å². The third kappa shape index (κ3) is 3.44. The Balaban J connectivity index is 1.72. The summed E-state index contributed by atoms with van der Waals surface area (Å²) in [5.74, 6) is -0.216. The molecular weight excluding hydrogens is 387 g/mol. The van der Waals surface area contributed by atoms with Crippen molar-refractivity contribution in [1.29, 1.82) is 0 Å². The first-order valence-corrected chi connectivity index (χ1v) is 9.40. The second kappa shape index (κ2) is 7.08. The van der Waals surface area contributed by atoms with Crippen LogP contribution < -0.4 is 5.32 Å². The lowest BCUT2D eigenvalue weighted by molar-refractivity contribution is 0.102. The van der Waals surface area contributed by atoms with Crippen LogP contribution in [0.2, 0.25) is 10.0 Å². The van der Waals surface area contributed by atoms with Crippen LogP contribution in [0.3, 0.4) is 0 Å². The molecule has 6 heteroatoms. The summed E-state index contributed by atoms with van der Waals surface area (Å²) in [5, 5.41) is 4.92. The maximum absolute atomic E-state index is 12.6. The lowest BCUT2D eigenvalue weighted by atomic mass is 10.1. The first-order valence-electron chi connectivity index (χ1n) is 7.82. The average Bonchev–Trinajstić information content (AvgIpc) is 3.07. The highest BCUT2D eigenvalue weighted by Crippen LogP contribution is 2.36. The molecule has 0 unspecified atom stereocenters. The van der Waals surface area contributed by atoms with Crippen molar-refractivity contribution in [2.75, 3.05) is 5.32 Å². The molecular formula is C20H12Cl2N2OS. The monoisotopic (exact) mass is 398 g/mol. The number of halogens is 2. The van der Waals surface area contributed by atoms with Crippen LogP contribution in [0.15, 0.2) is 66.7 Å². The number of rotatable bonds is 3. The summed E-state index contributed by atoms with van der Waals surface area (Å²) in [5.41, 5.74) is 2.90. The molecule has 4 aromatic rings. The van der Waals surface area contributed by atoms with Crippen molar-refractivity contribution in [1.82, 2.24) is 4.98 Å². The number of para-hydroxylation sites is 1. The molecule has 0 bridgehead atoms. The molecule has 0 saturated heterocycles. The lowest BCUT2D eigenvalue weighted by Gasteiger charge is -2.10. The molecule has 1 heterocycles. The van der Waals surface area contributed by atoms with Crippen LogP contribution in [0, 0.1) is 0 Å². The van der Waals surface area contributed by atoms with Gasteiger partial charge in [0.25, 0.3) is 5.91 Å². The smallest absolute Gasteiger partial charge is 0.255 e. The van der Waals surface area contributed by atoms with E-state index in [1.54, 1.807) is 47.7 Å². The number of hydrogen-bond acceptors (Lipinski definition) is 3. The zero-order valence-corrected chi connectivity index (χ0v) is 15.7.